The molecule has 172 valence electrons. The van der Waals surface area contributed by atoms with Crippen molar-refractivity contribution in [2.45, 2.75) is 14.7 Å². The number of rotatable bonds is 8. The average Bonchev–Trinajstić information content (AvgIpc) is 3.22. The zero-order chi connectivity index (χ0) is 23.3. The van der Waals surface area contributed by atoms with E-state index in [9.17, 15) is 4.79 Å². The molecule has 4 aromatic carbocycles. The lowest BCUT2D eigenvalue weighted by Crippen LogP contribution is -2.15. The monoisotopic (exact) mass is 472 g/mol. The van der Waals surface area contributed by atoms with Gasteiger partial charge in [-0.15, -0.1) is 0 Å². The first-order valence-corrected chi connectivity index (χ1v) is 12.2. The van der Waals surface area contributed by atoms with E-state index in [0.717, 1.165) is 5.75 Å². The van der Waals surface area contributed by atoms with Gasteiger partial charge in [0, 0.05) is 16.9 Å². The van der Waals surface area contributed by atoms with Crippen molar-refractivity contribution in [3.63, 3.8) is 0 Å². The van der Waals surface area contributed by atoms with Gasteiger partial charge in [0.1, 0.15) is 17.2 Å². The molecule has 5 nitrogen and oxygen atoms in total. The first kappa shape index (κ1) is 22.1. The summed E-state index contributed by atoms with van der Waals surface area (Å²) in [5, 5.41) is 0. The van der Waals surface area contributed by atoms with Crippen molar-refractivity contribution in [2.75, 3.05) is 20.5 Å². The second-order valence-corrected chi connectivity index (χ2v) is 9.80. The van der Waals surface area contributed by atoms with Crippen LogP contribution in [0.4, 0.5) is 0 Å². The van der Waals surface area contributed by atoms with Gasteiger partial charge in [-0.2, -0.15) is 10.9 Å². The third kappa shape index (κ3) is 4.64. The van der Waals surface area contributed by atoms with Crippen LogP contribution in [0.5, 0.6) is 17.2 Å². The molecular weight excluding hydrogens is 448 g/mol. The van der Waals surface area contributed by atoms with E-state index in [4.69, 9.17) is 18.9 Å². The van der Waals surface area contributed by atoms with Crippen molar-refractivity contribution < 1.29 is 23.7 Å². The zero-order valence-electron chi connectivity index (χ0n) is 18.6. The highest BCUT2D eigenvalue weighted by molar-refractivity contribution is 8.17. The van der Waals surface area contributed by atoms with Crippen molar-refractivity contribution in [2.24, 2.45) is 0 Å². The molecule has 0 unspecified atom stereocenters. The summed E-state index contributed by atoms with van der Waals surface area (Å²) in [4.78, 5) is 15.6. The van der Waals surface area contributed by atoms with E-state index >= 15 is 0 Å². The van der Waals surface area contributed by atoms with Gasteiger partial charge in [0.15, 0.2) is 13.4 Å². The van der Waals surface area contributed by atoms with Crippen LogP contribution in [-0.2, 0) is 14.3 Å². The number of carbonyl (C=O) groups excluding carboxylic acids is 1. The highest BCUT2D eigenvalue weighted by Crippen LogP contribution is 2.62. The fourth-order valence-corrected chi connectivity index (χ4v) is 6.52. The molecule has 1 aliphatic rings. The minimum absolute atomic E-state index is 0.0886. The number of thiol groups is 1. The highest BCUT2D eigenvalue weighted by Gasteiger charge is 2.26. The Bertz CT molecular complexity index is 1240. The lowest BCUT2D eigenvalue weighted by molar-refractivity contribution is -0.156. The van der Waals surface area contributed by atoms with Crippen LogP contribution >= 0.6 is 10.9 Å². The Kier molecular flexibility index (Phi) is 6.51. The molecule has 5 rings (SSSR count). The Labute approximate surface area is 201 Å². The van der Waals surface area contributed by atoms with E-state index in [1.54, 1.807) is 24.3 Å². The van der Waals surface area contributed by atoms with E-state index in [0.29, 0.717) is 11.5 Å². The third-order valence-electron chi connectivity index (χ3n) is 5.43. The summed E-state index contributed by atoms with van der Waals surface area (Å²) in [5.74, 6) is 1.51. The molecule has 0 bridgehead atoms. The van der Waals surface area contributed by atoms with Crippen LogP contribution in [0, 0.1) is 0 Å². The highest BCUT2D eigenvalue weighted by atomic mass is 32.2. The smallest absolute Gasteiger partial charge is 0.346 e. The number of hydrogen-bond donors (Lipinski definition) is 1. The van der Waals surface area contributed by atoms with Gasteiger partial charge in [-0.3, -0.25) is 0 Å². The number of esters is 1. The predicted molar refractivity (Wildman–Crippen MR) is 132 cm³/mol. The Balaban J connectivity index is 1.26. The Morgan fingerprint density at radius 1 is 0.706 bits per heavy atom. The molecule has 4 aromatic rings. The van der Waals surface area contributed by atoms with Gasteiger partial charge in [0.25, 0.3) is 0 Å². The molecule has 0 radical (unpaired) electrons. The molecule has 34 heavy (non-hydrogen) atoms. The van der Waals surface area contributed by atoms with Crippen molar-refractivity contribution in [1.29, 1.82) is 0 Å². The van der Waals surface area contributed by atoms with Crippen LogP contribution in [0.25, 0.3) is 11.1 Å². The maximum absolute atomic E-state index is 11.5. The zero-order valence-corrected chi connectivity index (χ0v) is 19.5. The van der Waals surface area contributed by atoms with E-state index in [1.165, 1.54) is 32.9 Å². The van der Waals surface area contributed by atoms with Crippen LogP contribution in [0.15, 0.2) is 112 Å². The summed E-state index contributed by atoms with van der Waals surface area (Å²) in [7, 11) is 0.873. The van der Waals surface area contributed by atoms with Gasteiger partial charge in [-0.1, -0.05) is 36.4 Å². The van der Waals surface area contributed by atoms with Crippen LogP contribution in [0.2, 0.25) is 0 Å². The Hall–Kier alpha value is -3.74. The molecule has 0 atom stereocenters. The van der Waals surface area contributed by atoms with Gasteiger partial charge in [0.05, 0.1) is 0 Å². The van der Waals surface area contributed by atoms with Crippen LogP contribution in [0.1, 0.15) is 0 Å². The first-order chi connectivity index (χ1) is 16.7. The molecule has 0 spiro atoms. The van der Waals surface area contributed by atoms with Gasteiger partial charge in [-0.25, -0.2) is 4.79 Å². The topological polar surface area (TPSA) is 54.0 Å². The first-order valence-electron chi connectivity index (χ1n) is 10.9. The summed E-state index contributed by atoms with van der Waals surface area (Å²) in [6.07, 6.45) is 0. The molecule has 0 N–H and O–H groups in total. The summed E-state index contributed by atoms with van der Waals surface area (Å²) in [5.41, 5.74) is 2.66. The molecule has 1 heterocycles. The number of methoxy groups -OCH3 is 1. The average molecular weight is 473 g/mol. The van der Waals surface area contributed by atoms with E-state index < -0.39 is 16.9 Å². The molecule has 0 amide bonds. The summed E-state index contributed by atoms with van der Waals surface area (Å²) in [6, 6.07) is 32.8. The molecule has 6 heteroatoms. The molecule has 0 saturated carbocycles. The normalized spacial score (nSPS) is 12.6. The van der Waals surface area contributed by atoms with E-state index in [2.05, 4.69) is 60.7 Å². The van der Waals surface area contributed by atoms with Crippen LogP contribution in [-0.4, -0.2) is 26.5 Å². The maximum Gasteiger partial charge on any atom is 0.346 e. The quantitative estimate of drug-likeness (QED) is 0.159. The summed E-state index contributed by atoms with van der Waals surface area (Å²) >= 11 is 0. The third-order valence-corrected chi connectivity index (χ3v) is 7.99. The molecule has 0 aliphatic carbocycles. The predicted octanol–water partition coefficient (Wildman–Crippen LogP) is 6.46. The van der Waals surface area contributed by atoms with Crippen LogP contribution in [0.3, 0.4) is 0 Å². The lowest BCUT2D eigenvalue weighted by Gasteiger charge is -2.19. The van der Waals surface area contributed by atoms with Crippen molar-refractivity contribution >= 4 is 16.9 Å². The van der Waals surface area contributed by atoms with Gasteiger partial charge >= 0.3 is 5.97 Å². The van der Waals surface area contributed by atoms with Gasteiger partial charge in [-0.05, 0) is 76.7 Å². The number of hydrogen-bond acceptors (Lipinski definition) is 5. The molecule has 1 aliphatic heterocycles. The SMILES string of the molecule is COCOC(=O)COc1ccc(Oc2ccc([SH]3c4ccccc4-c4ccccc43)cc2)cc1. The lowest BCUT2D eigenvalue weighted by atomic mass is 10.1. The van der Waals surface area contributed by atoms with Gasteiger partial charge < -0.3 is 18.9 Å². The Morgan fingerprint density at radius 3 is 1.82 bits per heavy atom. The molecule has 0 saturated heterocycles. The maximum atomic E-state index is 11.5. The fourth-order valence-electron chi connectivity index (χ4n) is 3.91. The molecular formula is C28H24O5S. The number of benzene rings is 4. The number of ether oxygens (including phenoxy) is 4. The van der Waals surface area contributed by atoms with Crippen molar-refractivity contribution in [3.05, 3.63) is 97.1 Å². The Morgan fingerprint density at radius 2 is 1.24 bits per heavy atom. The summed E-state index contributed by atoms with van der Waals surface area (Å²) in [6.45, 7) is -0.269. The minimum atomic E-state index is -0.579. The molecule has 0 aromatic heterocycles. The van der Waals surface area contributed by atoms with Gasteiger partial charge in [0.2, 0.25) is 0 Å². The van der Waals surface area contributed by atoms with E-state index in [-0.39, 0.29) is 13.4 Å². The minimum Gasteiger partial charge on any atom is -0.482 e. The van der Waals surface area contributed by atoms with Crippen molar-refractivity contribution in [1.82, 2.24) is 0 Å². The standard InChI is InChI=1S/C28H24O5S/c1-30-19-32-28(29)18-31-20-10-12-21(13-11-20)33-22-14-16-23(17-15-22)34-26-8-4-2-6-24(26)25-7-3-5-9-27(25)34/h2-17,34H,18-19H2,1H3. The summed E-state index contributed by atoms with van der Waals surface area (Å²) < 4.78 is 20.9. The largest absolute Gasteiger partial charge is 0.482 e. The molecule has 0 fully saturated rings. The second kappa shape index (κ2) is 10.0. The number of fused-ring (bicyclic) bond motifs is 3. The van der Waals surface area contributed by atoms with Crippen LogP contribution < -0.4 is 9.47 Å². The van der Waals surface area contributed by atoms with E-state index in [1.807, 2.05) is 12.1 Å². The second-order valence-electron chi connectivity index (χ2n) is 7.65. The number of carbonyl (C=O) groups is 1. The van der Waals surface area contributed by atoms with Crippen molar-refractivity contribution in [3.8, 4) is 28.4 Å². The fraction of sp³-hybridized carbons (Fsp3) is 0.107.